The van der Waals surface area contributed by atoms with Crippen LogP contribution in [0.3, 0.4) is 0 Å². The lowest BCUT2D eigenvalue weighted by Crippen LogP contribution is -2.31. The molecule has 0 saturated carbocycles. The maximum atomic E-state index is 12.2. The number of nitrogens with zero attached hydrogens (tertiary/aromatic N) is 2. The maximum absolute atomic E-state index is 12.2. The third-order valence-electron chi connectivity index (χ3n) is 4.09. The van der Waals surface area contributed by atoms with Gasteiger partial charge in [-0.15, -0.1) is 0 Å². The Morgan fingerprint density at radius 2 is 2.12 bits per heavy atom. The van der Waals surface area contributed by atoms with Crippen molar-refractivity contribution >= 4 is 15.7 Å². The molecule has 0 bridgehead atoms. The third-order valence-corrected chi connectivity index (χ3v) is 5.84. The van der Waals surface area contributed by atoms with Crippen molar-refractivity contribution in [2.24, 2.45) is 0 Å². The molecule has 0 radical (unpaired) electrons. The molecular weight excluding hydrogens is 342 g/mol. The molecule has 1 N–H and O–H groups in total. The van der Waals surface area contributed by atoms with Crippen LogP contribution < -0.4 is 10.1 Å². The van der Waals surface area contributed by atoms with Crippen LogP contribution >= 0.6 is 0 Å². The van der Waals surface area contributed by atoms with E-state index < -0.39 is 15.7 Å². The molecule has 25 heavy (non-hydrogen) atoms. The first-order chi connectivity index (χ1) is 11.8. The summed E-state index contributed by atoms with van der Waals surface area (Å²) in [5.41, 5.74) is 0.821. The van der Waals surface area contributed by atoms with Crippen molar-refractivity contribution in [1.29, 1.82) is 5.26 Å². The average molecular weight is 363 g/mol. The number of benzene rings is 1. The minimum Gasteiger partial charge on any atom is -0.497 e. The molecule has 1 aliphatic rings. The summed E-state index contributed by atoms with van der Waals surface area (Å²) >= 11 is 0. The van der Waals surface area contributed by atoms with Gasteiger partial charge >= 0.3 is 0 Å². The van der Waals surface area contributed by atoms with Gasteiger partial charge in [0.2, 0.25) is 0 Å². The van der Waals surface area contributed by atoms with E-state index >= 15 is 0 Å². The lowest BCUT2D eigenvalue weighted by molar-refractivity contribution is -0.117. The van der Waals surface area contributed by atoms with Gasteiger partial charge in [-0.3, -0.25) is 4.79 Å². The molecule has 1 heterocycles. The summed E-state index contributed by atoms with van der Waals surface area (Å²) in [4.78, 5) is 13.8. The van der Waals surface area contributed by atoms with E-state index in [-0.39, 0.29) is 29.7 Å². The molecule has 1 aromatic rings. The molecule has 2 rings (SSSR count). The fourth-order valence-electron chi connectivity index (χ4n) is 2.56. The average Bonchev–Trinajstić information content (AvgIpc) is 2.97. The van der Waals surface area contributed by atoms with E-state index in [4.69, 9.17) is 4.74 Å². The molecule has 1 saturated heterocycles. The topological polar surface area (TPSA) is 99.5 Å². The van der Waals surface area contributed by atoms with E-state index in [1.165, 1.54) is 6.20 Å². The molecule has 1 aromatic carbocycles. The highest BCUT2D eigenvalue weighted by molar-refractivity contribution is 7.91. The maximum Gasteiger partial charge on any atom is 0.263 e. The number of sulfone groups is 1. The van der Waals surface area contributed by atoms with Crippen LogP contribution in [0, 0.1) is 11.3 Å². The van der Waals surface area contributed by atoms with Gasteiger partial charge in [0.1, 0.15) is 17.4 Å². The first kappa shape index (κ1) is 18.8. The van der Waals surface area contributed by atoms with Gasteiger partial charge in [-0.05, 0) is 24.1 Å². The Hall–Kier alpha value is -2.53. The van der Waals surface area contributed by atoms with Crippen LogP contribution in [0.15, 0.2) is 36.0 Å². The number of ether oxygens (including phenoxy) is 1. The monoisotopic (exact) mass is 363 g/mol. The predicted molar refractivity (Wildman–Crippen MR) is 93.4 cm³/mol. The number of hydrogen-bond donors (Lipinski definition) is 1. The van der Waals surface area contributed by atoms with Gasteiger partial charge in [-0.25, -0.2) is 8.42 Å². The smallest absolute Gasteiger partial charge is 0.263 e. The highest BCUT2D eigenvalue weighted by Gasteiger charge is 2.30. The molecular formula is C17H21N3O4S. The fraction of sp³-hybridized carbons (Fsp3) is 0.412. The Morgan fingerprint density at radius 1 is 1.44 bits per heavy atom. The van der Waals surface area contributed by atoms with Gasteiger partial charge < -0.3 is 15.0 Å². The zero-order chi connectivity index (χ0) is 18.4. The highest BCUT2D eigenvalue weighted by atomic mass is 32.2. The van der Waals surface area contributed by atoms with Crippen molar-refractivity contribution < 1.29 is 17.9 Å². The first-order valence-electron chi connectivity index (χ1n) is 7.80. The van der Waals surface area contributed by atoms with Gasteiger partial charge in [-0.2, -0.15) is 5.26 Å². The first-order valence-corrected chi connectivity index (χ1v) is 9.62. The zero-order valence-electron chi connectivity index (χ0n) is 14.2. The molecule has 8 heteroatoms. The van der Waals surface area contributed by atoms with Crippen LogP contribution in [-0.2, 0) is 21.2 Å². The van der Waals surface area contributed by atoms with Crippen LogP contribution in [0.4, 0.5) is 0 Å². The number of carbonyl (C=O) groups excluding carboxylic acids is 1. The summed E-state index contributed by atoms with van der Waals surface area (Å²) in [6, 6.07) is 8.89. The molecule has 1 unspecified atom stereocenters. The third kappa shape index (κ3) is 5.22. The summed E-state index contributed by atoms with van der Waals surface area (Å²) < 4.78 is 28.1. The Kier molecular flexibility index (Phi) is 6.04. The van der Waals surface area contributed by atoms with Crippen LogP contribution in [0.5, 0.6) is 5.75 Å². The second kappa shape index (κ2) is 8.03. The number of rotatable bonds is 6. The molecule has 0 aromatic heterocycles. The summed E-state index contributed by atoms with van der Waals surface area (Å²) in [7, 11) is 0.236. The normalized spacial score (nSPS) is 19.1. The SMILES string of the molecule is COc1ccc(CNC(=O)/C(C#N)=C\N(C)C2CCS(=O)(=O)C2)cc1. The van der Waals surface area contributed by atoms with E-state index in [9.17, 15) is 18.5 Å². The van der Waals surface area contributed by atoms with E-state index in [0.29, 0.717) is 6.42 Å². The quantitative estimate of drug-likeness (QED) is 0.594. The largest absolute Gasteiger partial charge is 0.497 e. The summed E-state index contributed by atoms with van der Waals surface area (Å²) in [5, 5.41) is 11.9. The molecule has 1 fully saturated rings. The van der Waals surface area contributed by atoms with E-state index in [1.54, 1.807) is 31.2 Å². The Morgan fingerprint density at radius 3 is 2.64 bits per heavy atom. The van der Waals surface area contributed by atoms with Gasteiger partial charge in [0, 0.05) is 25.8 Å². The number of nitrogens with one attached hydrogen (secondary N) is 1. The summed E-state index contributed by atoms with van der Waals surface area (Å²) in [5.74, 6) is 0.417. The second-order valence-corrected chi connectivity index (χ2v) is 8.14. The standard InChI is InChI=1S/C17H21N3O4S/c1-20(15-7-8-25(22,23)12-15)11-14(9-18)17(21)19-10-13-3-5-16(24-2)6-4-13/h3-6,11,15H,7-8,10,12H2,1-2H3,(H,19,21)/b14-11-. The van der Waals surface area contributed by atoms with Crippen molar-refractivity contribution in [1.82, 2.24) is 10.2 Å². The molecule has 0 spiro atoms. The van der Waals surface area contributed by atoms with Crippen LogP contribution in [0.2, 0.25) is 0 Å². The van der Waals surface area contributed by atoms with Crippen molar-refractivity contribution in [2.75, 3.05) is 25.7 Å². The molecule has 1 atom stereocenters. The Bertz CT molecular complexity index is 794. The van der Waals surface area contributed by atoms with Gasteiger partial charge in [0.05, 0.1) is 18.6 Å². The van der Waals surface area contributed by atoms with Crippen molar-refractivity contribution in [2.45, 2.75) is 19.0 Å². The number of nitriles is 1. The number of carbonyl (C=O) groups is 1. The van der Waals surface area contributed by atoms with E-state index in [1.807, 2.05) is 18.2 Å². The molecule has 1 aliphatic heterocycles. The number of hydrogen-bond acceptors (Lipinski definition) is 6. The fourth-order valence-corrected chi connectivity index (χ4v) is 4.35. The van der Waals surface area contributed by atoms with Crippen molar-refractivity contribution in [3.8, 4) is 11.8 Å². The molecule has 0 aliphatic carbocycles. The van der Waals surface area contributed by atoms with Crippen LogP contribution in [0.1, 0.15) is 12.0 Å². The molecule has 134 valence electrons. The molecule has 1 amide bonds. The van der Waals surface area contributed by atoms with Crippen molar-refractivity contribution in [3.05, 3.63) is 41.6 Å². The van der Waals surface area contributed by atoms with E-state index in [2.05, 4.69) is 5.32 Å². The van der Waals surface area contributed by atoms with E-state index in [0.717, 1.165) is 11.3 Å². The zero-order valence-corrected chi connectivity index (χ0v) is 15.0. The number of methoxy groups -OCH3 is 1. The van der Waals surface area contributed by atoms with Crippen LogP contribution in [-0.4, -0.2) is 50.9 Å². The number of amides is 1. The lowest BCUT2D eigenvalue weighted by atomic mass is 10.2. The summed E-state index contributed by atoms with van der Waals surface area (Å²) in [6.45, 7) is 0.281. The second-order valence-electron chi connectivity index (χ2n) is 5.91. The lowest BCUT2D eigenvalue weighted by Gasteiger charge is -2.21. The Balaban J connectivity index is 1.96. The van der Waals surface area contributed by atoms with Gasteiger partial charge in [0.15, 0.2) is 9.84 Å². The van der Waals surface area contributed by atoms with Crippen LogP contribution in [0.25, 0.3) is 0 Å². The van der Waals surface area contributed by atoms with Crippen molar-refractivity contribution in [3.63, 3.8) is 0 Å². The Labute approximate surface area is 147 Å². The van der Waals surface area contributed by atoms with Gasteiger partial charge in [0.25, 0.3) is 5.91 Å². The minimum atomic E-state index is -3.02. The van der Waals surface area contributed by atoms with Gasteiger partial charge in [-0.1, -0.05) is 12.1 Å². The highest BCUT2D eigenvalue weighted by Crippen LogP contribution is 2.17. The summed E-state index contributed by atoms with van der Waals surface area (Å²) in [6.07, 6.45) is 1.91. The minimum absolute atomic E-state index is 0.0478. The molecule has 7 nitrogen and oxygen atoms in total. The predicted octanol–water partition coefficient (Wildman–Crippen LogP) is 0.838.